The number of carbonyl (C=O) groups is 3. The number of esters is 1. The van der Waals surface area contributed by atoms with Crippen LogP contribution in [-0.4, -0.2) is 37.0 Å². The molecule has 122 valence electrons. The second-order valence-electron chi connectivity index (χ2n) is 5.28. The molecule has 6 heteroatoms. The van der Waals surface area contributed by atoms with E-state index in [1.54, 1.807) is 35.2 Å². The fraction of sp³-hybridized carbons (Fsp3) is 0.353. The summed E-state index contributed by atoms with van der Waals surface area (Å²) in [5.41, 5.74) is 1.10. The Morgan fingerprint density at radius 2 is 2.09 bits per heavy atom. The van der Waals surface area contributed by atoms with Crippen molar-refractivity contribution in [3.63, 3.8) is 0 Å². The third-order valence-corrected chi connectivity index (χ3v) is 3.56. The van der Waals surface area contributed by atoms with E-state index in [0.717, 1.165) is 12.1 Å². The van der Waals surface area contributed by atoms with E-state index < -0.39 is 12.1 Å². The Kier molecular flexibility index (Phi) is 5.51. The van der Waals surface area contributed by atoms with Crippen molar-refractivity contribution in [3.8, 4) is 0 Å². The van der Waals surface area contributed by atoms with Crippen LogP contribution in [0.3, 0.4) is 0 Å². The van der Waals surface area contributed by atoms with Gasteiger partial charge in [-0.2, -0.15) is 0 Å². The van der Waals surface area contributed by atoms with E-state index in [0.29, 0.717) is 25.1 Å². The van der Waals surface area contributed by atoms with Crippen LogP contribution in [0.15, 0.2) is 36.9 Å². The van der Waals surface area contributed by atoms with Gasteiger partial charge in [0.25, 0.3) is 5.91 Å². The van der Waals surface area contributed by atoms with Gasteiger partial charge in [0, 0.05) is 25.2 Å². The highest BCUT2D eigenvalue weighted by molar-refractivity contribution is 5.96. The van der Waals surface area contributed by atoms with Gasteiger partial charge in [0.05, 0.1) is 5.56 Å². The number of hydrogen-bond acceptors (Lipinski definition) is 4. The van der Waals surface area contributed by atoms with Crippen molar-refractivity contribution in [3.05, 3.63) is 42.5 Å². The number of nitrogens with zero attached hydrogens (tertiary/aromatic N) is 1. The fourth-order valence-corrected chi connectivity index (χ4v) is 2.30. The Balaban J connectivity index is 1.96. The normalized spacial score (nSPS) is 15.2. The molecule has 0 saturated carbocycles. The SMILES string of the molecule is C=CCNC(=O)[C@@H](C)OC(=O)c1ccc(N2CCCC2=O)cc1. The van der Waals surface area contributed by atoms with Gasteiger partial charge in [-0.1, -0.05) is 6.08 Å². The highest BCUT2D eigenvalue weighted by Crippen LogP contribution is 2.21. The van der Waals surface area contributed by atoms with Crippen LogP contribution in [-0.2, 0) is 14.3 Å². The quantitative estimate of drug-likeness (QED) is 0.640. The first-order valence-electron chi connectivity index (χ1n) is 7.53. The van der Waals surface area contributed by atoms with Crippen LogP contribution in [0, 0.1) is 0 Å². The molecule has 1 aromatic rings. The number of nitrogens with one attached hydrogen (secondary N) is 1. The van der Waals surface area contributed by atoms with E-state index in [1.165, 1.54) is 6.92 Å². The van der Waals surface area contributed by atoms with Gasteiger partial charge >= 0.3 is 5.97 Å². The summed E-state index contributed by atoms with van der Waals surface area (Å²) in [6.45, 7) is 6.02. The summed E-state index contributed by atoms with van der Waals surface area (Å²) >= 11 is 0. The molecule has 1 heterocycles. The molecule has 1 aliphatic heterocycles. The van der Waals surface area contributed by atoms with Gasteiger partial charge in [0.15, 0.2) is 6.10 Å². The van der Waals surface area contributed by atoms with Crippen molar-refractivity contribution in [2.45, 2.75) is 25.9 Å². The van der Waals surface area contributed by atoms with Gasteiger partial charge in [0.2, 0.25) is 5.91 Å². The number of anilines is 1. The molecule has 1 N–H and O–H groups in total. The smallest absolute Gasteiger partial charge is 0.338 e. The molecule has 0 radical (unpaired) electrons. The van der Waals surface area contributed by atoms with Crippen LogP contribution in [0.4, 0.5) is 5.69 Å². The monoisotopic (exact) mass is 316 g/mol. The molecule has 2 amide bonds. The zero-order valence-electron chi connectivity index (χ0n) is 13.1. The summed E-state index contributed by atoms with van der Waals surface area (Å²) in [7, 11) is 0. The lowest BCUT2D eigenvalue weighted by Crippen LogP contribution is -2.35. The van der Waals surface area contributed by atoms with Crippen LogP contribution in [0.1, 0.15) is 30.1 Å². The fourth-order valence-electron chi connectivity index (χ4n) is 2.30. The third kappa shape index (κ3) is 4.18. The molecule has 1 aliphatic rings. The van der Waals surface area contributed by atoms with Crippen LogP contribution >= 0.6 is 0 Å². The summed E-state index contributed by atoms with van der Waals surface area (Å²) in [5, 5.41) is 2.56. The minimum absolute atomic E-state index is 0.0906. The standard InChI is InChI=1S/C17H20N2O4/c1-3-10-18-16(21)12(2)23-17(22)13-6-8-14(9-7-13)19-11-4-5-15(19)20/h3,6-9,12H,1,4-5,10-11H2,2H3,(H,18,21)/t12-/m1/s1. The molecule has 0 unspecified atom stereocenters. The van der Waals surface area contributed by atoms with Gasteiger partial charge in [0.1, 0.15) is 0 Å². The van der Waals surface area contributed by atoms with E-state index in [9.17, 15) is 14.4 Å². The lowest BCUT2D eigenvalue weighted by molar-refractivity contribution is -0.128. The molecule has 23 heavy (non-hydrogen) atoms. The highest BCUT2D eigenvalue weighted by atomic mass is 16.5. The first kappa shape index (κ1) is 16.7. The minimum Gasteiger partial charge on any atom is -0.449 e. The van der Waals surface area contributed by atoms with Gasteiger partial charge in [-0.15, -0.1) is 6.58 Å². The predicted molar refractivity (Wildman–Crippen MR) is 86.1 cm³/mol. The van der Waals surface area contributed by atoms with E-state index in [4.69, 9.17) is 4.74 Å². The van der Waals surface area contributed by atoms with E-state index >= 15 is 0 Å². The van der Waals surface area contributed by atoms with Gasteiger partial charge in [-0.3, -0.25) is 9.59 Å². The molecule has 0 aliphatic carbocycles. The number of rotatable bonds is 6. The lowest BCUT2D eigenvalue weighted by atomic mass is 10.2. The van der Waals surface area contributed by atoms with Crippen molar-refractivity contribution < 1.29 is 19.1 Å². The minimum atomic E-state index is -0.887. The van der Waals surface area contributed by atoms with Crippen LogP contribution in [0.2, 0.25) is 0 Å². The largest absolute Gasteiger partial charge is 0.449 e. The number of benzene rings is 1. The molecule has 1 aromatic carbocycles. The third-order valence-electron chi connectivity index (χ3n) is 3.56. The maximum atomic E-state index is 12.0. The predicted octanol–water partition coefficient (Wildman–Crippen LogP) is 1.66. The van der Waals surface area contributed by atoms with Gasteiger partial charge in [-0.25, -0.2) is 4.79 Å². The van der Waals surface area contributed by atoms with Crippen LogP contribution < -0.4 is 10.2 Å². The van der Waals surface area contributed by atoms with E-state index in [1.807, 2.05) is 0 Å². The summed E-state index contributed by atoms with van der Waals surface area (Å²) in [4.78, 5) is 37.1. The average molecular weight is 316 g/mol. The topological polar surface area (TPSA) is 75.7 Å². The van der Waals surface area contributed by atoms with Crippen molar-refractivity contribution >= 4 is 23.5 Å². The van der Waals surface area contributed by atoms with Gasteiger partial charge in [-0.05, 0) is 37.6 Å². The first-order valence-corrected chi connectivity index (χ1v) is 7.53. The first-order chi connectivity index (χ1) is 11.0. The Morgan fingerprint density at radius 1 is 1.39 bits per heavy atom. The molecule has 2 rings (SSSR count). The van der Waals surface area contributed by atoms with E-state index in [-0.39, 0.29) is 11.8 Å². The Morgan fingerprint density at radius 3 is 2.65 bits per heavy atom. The molecule has 0 spiro atoms. The van der Waals surface area contributed by atoms with Crippen molar-refractivity contribution in [2.75, 3.05) is 18.0 Å². The number of carbonyl (C=O) groups excluding carboxylic acids is 3. The van der Waals surface area contributed by atoms with Gasteiger partial charge < -0.3 is 15.0 Å². The maximum absolute atomic E-state index is 12.0. The van der Waals surface area contributed by atoms with E-state index in [2.05, 4.69) is 11.9 Å². The number of ether oxygens (including phenoxy) is 1. The summed E-state index contributed by atoms with van der Waals surface area (Å²) in [5.74, 6) is -0.865. The summed E-state index contributed by atoms with van der Waals surface area (Å²) in [6, 6.07) is 6.61. The maximum Gasteiger partial charge on any atom is 0.338 e. The zero-order chi connectivity index (χ0) is 16.8. The molecular weight excluding hydrogens is 296 g/mol. The summed E-state index contributed by atoms with van der Waals surface area (Å²) < 4.78 is 5.12. The molecule has 0 bridgehead atoms. The second-order valence-corrected chi connectivity index (χ2v) is 5.28. The Hall–Kier alpha value is -2.63. The molecule has 6 nitrogen and oxygen atoms in total. The van der Waals surface area contributed by atoms with Crippen molar-refractivity contribution in [1.82, 2.24) is 5.32 Å². The highest BCUT2D eigenvalue weighted by Gasteiger charge is 2.22. The molecule has 1 fully saturated rings. The molecular formula is C17H20N2O4. The molecule has 1 atom stereocenters. The Bertz CT molecular complexity index is 610. The van der Waals surface area contributed by atoms with Crippen molar-refractivity contribution in [1.29, 1.82) is 0 Å². The molecule has 1 saturated heterocycles. The van der Waals surface area contributed by atoms with Crippen LogP contribution in [0.25, 0.3) is 0 Å². The Labute approximate surface area is 135 Å². The van der Waals surface area contributed by atoms with Crippen LogP contribution in [0.5, 0.6) is 0 Å². The number of hydrogen-bond donors (Lipinski definition) is 1. The average Bonchev–Trinajstić information content (AvgIpc) is 2.98. The van der Waals surface area contributed by atoms with Crippen molar-refractivity contribution in [2.24, 2.45) is 0 Å². The second kappa shape index (κ2) is 7.58. The lowest BCUT2D eigenvalue weighted by Gasteiger charge is -2.16. The number of amides is 2. The molecule has 0 aromatic heterocycles. The zero-order valence-corrected chi connectivity index (χ0v) is 13.1. The summed E-state index contributed by atoms with van der Waals surface area (Å²) in [6.07, 6.45) is 2.06.